The minimum atomic E-state index is 0.0515. The van der Waals surface area contributed by atoms with E-state index in [9.17, 15) is 4.79 Å². The second-order valence-corrected chi connectivity index (χ2v) is 6.84. The molecule has 130 valence electrons. The first-order valence-electron chi connectivity index (χ1n) is 8.41. The maximum Gasteiger partial charge on any atom is 0.240 e. The lowest BCUT2D eigenvalue weighted by Gasteiger charge is -2.27. The van der Waals surface area contributed by atoms with Crippen LogP contribution in [0, 0.1) is 0 Å². The smallest absolute Gasteiger partial charge is 0.240 e. The highest BCUT2D eigenvalue weighted by molar-refractivity contribution is 7.97. The van der Waals surface area contributed by atoms with Crippen LogP contribution in [0.25, 0.3) is 11.0 Å². The Labute approximate surface area is 147 Å². The molecule has 1 aliphatic rings. The van der Waals surface area contributed by atoms with Crippen LogP contribution in [0.15, 0.2) is 24.3 Å². The monoisotopic (exact) mass is 347 g/mol. The van der Waals surface area contributed by atoms with Gasteiger partial charge in [-0.2, -0.15) is 11.8 Å². The van der Waals surface area contributed by atoms with Crippen molar-refractivity contribution in [2.75, 3.05) is 45.5 Å². The Morgan fingerprint density at radius 3 is 2.92 bits per heavy atom. The SMILES string of the molecule is CSCc1nc2ccccc2n1CC(=O)NCCN1CCNCC1. The van der Waals surface area contributed by atoms with Gasteiger partial charge in [0, 0.05) is 39.3 Å². The zero-order valence-electron chi connectivity index (χ0n) is 14.1. The zero-order chi connectivity index (χ0) is 16.8. The summed E-state index contributed by atoms with van der Waals surface area (Å²) in [6.07, 6.45) is 2.05. The molecule has 2 heterocycles. The lowest BCUT2D eigenvalue weighted by molar-refractivity contribution is -0.121. The molecule has 1 saturated heterocycles. The Bertz CT molecular complexity index is 681. The fourth-order valence-electron chi connectivity index (χ4n) is 3.03. The van der Waals surface area contributed by atoms with Crippen molar-refractivity contribution in [3.8, 4) is 0 Å². The summed E-state index contributed by atoms with van der Waals surface area (Å²) in [4.78, 5) is 19.4. The molecular formula is C17H25N5OS. The standard InChI is InChI=1S/C17H25N5OS/c1-24-13-16-20-14-4-2-3-5-15(14)22(16)12-17(23)19-8-11-21-9-6-18-7-10-21/h2-5,18H,6-13H2,1H3,(H,19,23). The number of fused-ring (bicyclic) bond motifs is 1. The quantitative estimate of drug-likeness (QED) is 0.780. The molecule has 2 N–H and O–H groups in total. The summed E-state index contributed by atoms with van der Waals surface area (Å²) in [7, 11) is 0. The fourth-order valence-corrected chi connectivity index (χ4v) is 3.51. The molecule has 0 radical (unpaired) electrons. The van der Waals surface area contributed by atoms with E-state index in [1.807, 2.05) is 28.8 Å². The van der Waals surface area contributed by atoms with E-state index >= 15 is 0 Å². The summed E-state index contributed by atoms with van der Waals surface area (Å²) >= 11 is 1.72. The molecule has 0 aliphatic carbocycles. The van der Waals surface area contributed by atoms with Gasteiger partial charge in [-0.1, -0.05) is 12.1 Å². The Kier molecular flexibility index (Phi) is 6.12. The first kappa shape index (κ1) is 17.3. The predicted molar refractivity (Wildman–Crippen MR) is 99.3 cm³/mol. The average Bonchev–Trinajstić information content (AvgIpc) is 2.94. The topological polar surface area (TPSA) is 62.2 Å². The van der Waals surface area contributed by atoms with Crippen molar-refractivity contribution in [3.63, 3.8) is 0 Å². The van der Waals surface area contributed by atoms with Gasteiger partial charge in [-0.15, -0.1) is 0 Å². The number of carbonyl (C=O) groups is 1. The first-order chi connectivity index (χ1) is 11.8. The number of piperazine rings is 1. The van der Waals surface area contributed by atoms with Crippen LogP contribution in [0.2, 0.25) is 0 Å². The van der Waals surface area contributed by atoms with Gasteiger partial charge in [0.25, 0.3) is 0 Å². The maximum atomic E-state index is 12.4. The highest BCUT2D eigenvalue weighted by Crippen LogP contribution is 2.18. The first-order valence-corrected chi connectivity index (χ1v) is 9.80. The molecule has 0 bridgehead atoms. The number of nitrogens with one attached hydrogen (secondary N) is 2. The molecule has 2 aromatic rings. The Balaban J connectivity index is 1.59. The van der Waals surface area contributed by atoms with Crippen LogP contribution in [0.3, 0.4) is 0 Å². The van der Waals surface area contributed by atoms with E-state index in [2.05, 4.69) is 26.8 Å². The Hall–Kier alpha value is -1.57. The van der Waals surface area contributed by atoms with Gasteiger partial charge in [0.05, 0.1) is 16.8 Å². The van der Waals surface area contributed by atoms with Gasteiger partial charge < -0.3 is 15.2 Å². The molecule has 24 heavy (non-hydrogen) atoms. The van der Waals surface area contributed by atoms with Crippen LogP contribution in [-0.4, -0.2) is 65.9 Å². The molecule has 0 atom stereocenters. The highest BCUT2D eigenvalue weighted by Gasteiger charge is 2.14. The largest absolute Gasteiger partial charge is 0.353 e. The van der Waals surface area contributed by atoms with Gasteiger partial charge in [0.15, 0.2) is 0 Å². The average molecular weight is 347 g/mol. The van der Waals surface area contributed by atoms with Crippen LogP contribution in [0.4, 0.5) is 0 Å². The summed E-state index contributed by atoms with van der Waals surface area (Å²) in [5.74, 6) is 1.82. The normalized spacial score (nSPS) is 15.7. The number of imidazole rings is 1. The van der Waals surface area contributed by atoms with Gasteiger partial charge in [0.2, 0.25) is 5.91 Å². The van der Waals surface area contributed by atoms with Gasteiger partial charge in [-0.25, -0.2) is 4.98 Å². The molecule has 1 aromatic carbocycles. The number of hydrogen-bond donors (Lipinski definition) is 2. The van der Waals surface area contributed by atoms with Crippen LogP contribution < -0.4 is 10.6 Å². The van der Waals surface area contributed by atoms with Crippen LogP contribution >= 0.6 is 11.8 Å². The number of amides is 1. The third-order valence-corrected chi connectivity index (χ3v) is 4.82. The van der Waals surface area contributed by atoms with Crippen molar-refractivity contribution in [1.82, 2.24) is 25.1 Å². The number of carbonyl (C=O) groups excluding carboxylic acids is 1. The number of hydrogen-bond acceptors (Lipinski definition) is 5. The summed E-state index contributed by atoms with van der Waals surface area (Å²) < 4.78 is 2.03. The molecule has 0 unspecified atom stereocenters. The van der Waals surface area contributed by atoms with Crippen LogP contribution in [0.1, 0.15) is 5.82 Å². The number of nitrogens with zero attached hydrogens (tertiary/aromatic N) is 3. The molecule has 6 nitrogen and oxygen atoms in total. The lowest BCUT2D eigenvalue weighted by atomic mass is 10.3. The van der Waals surface area contributed by atoms with E-state index in [-0.39, 0.29) is 5.91 Å². The van der Waals surface area contributed by atoms with E-state index in [1.54, 1.807) is 11.8 Å². The Morgan fingerprint density at radius 2 is 2.12 bits per heavy atom. The van der Waals surface area contributed by atoms with Gasteiger partial charge >= 0.3 is 0 Å². The molecule has 1 aliphatic heterocycles. The molecular weight excluding hydrogens is 322 g/mol. The minimum Gasteiger partial charge on any atom is -0.353 e. The number of aromatic nitrogens is 2. The lowest BCUT2D eigenvalue weighted by Crippen LogP contribution is -2.46. The van der Waals surface area contributed by atoms with Crippen molar-refractivity contribution >= 4 is 28.7 Å². The molecule has 0 saturated carbocycles. The molecule has 3 rings (SSSR count). The number of para-hydroxylation sites is 2. The second-order valence-electron chi connectivity index (χ2n) is 5.98. The van der Waals surface area contributed by atoms with E-state index in [0.717, 1.165) is 55.3 Å². The summed E-state index contributed by atoms with van der Waals surface area (Å²) in [6, 6.07) is 8.00. The summed E-state index contributed by atoms with van der Waals surface area (Å²) in [6.45, 7) is 6.12. The molecule has 1 fully saturated rings. The summed E-state index contributed by atoms with van der Waals surface area (Å²) in [5.41, 5.74) is 1.98. The third-order valence-electron chi connectivity index (χ3n) is 4.27. The molecule has 0 spiro atoms. The van der Waals surface area contributed by atoms with Gasteiger partial charge in [0.1, 0.15) is 12.4 Å². The molecule has 7 heteroatoms. The predicted octanol–water partition coefficient (Wildman–Crippen LogP) is 0.921. The van der Waals surface area contributed by atoms with Crippen LogP contribution in [0.5, 0.6) is 0 Å². The van der Waals surface area contributed by atoms with Crippen molar-refractivity contribution in [2.24, 2.45) is 0 Å². The van der Waals surface area contributed by atoms with E-state index in [0.29, 0.717) is 13.1 Å². The van der Waals surface area contributed by atoms with Crippen molar-refractivity contribution in [3.05, 3.63) is 30.1 Å². The van der Waals surface area contributed by atoms with Crippen molar-refractivity contribution in [2.45, 2.75) is 12.3 Å². The Morgan fingerprint density at radius 1 is 1.33 bits per heavy atom. The highest BCUT2D eigenvalue weighted by atomic mass is 32.2. The van der Waals surface area contributed by atoms with E-state index in [1.165, 1.54) is 0 Å². The number of benzene rings is 1. The molecule has 1 amide bonds. The second kappa shape index (κ2) is 8.50. The van der Waals surface area contributed by atoms with E-state index < -0.39 is 0 Å². The van der Waals surface area contributed by atoms with Crippen molar-refractivity contribution < 1.29 is 4.79 Å². The third kappa shape index (κ3) is 4.28. The number of thioether (sulfide) groups is 1. The van der Waals surface area contributed by atoms with Crippen molar-refractivity contribution in [1.29, 1.82) is 0 Å². The molecule has 1 aromatic heterocycles. The van der Waals surface area contributed by atoms with Gasteiger partial charge in [-0.3, -0.25) is 9.69 Å². The minimum absolute atomic E-state index is 0.0515. The zero-order valence-corrected chi connectivity index (χ0v) is 14.9. The fraction of sp³-hybridized carbons (Fsp3) is 0.529. The van der Waals surface area contributed by atoms with Gasteiger partial charge in [-0.05, 0) is 18.4 Å². The summed E-state index contributed by atoms with van der Waals surface area (Å²) in [5, 5.41) is 6.38. The maximum absolute atomic E-state index is 12.4. The number of rotatable bonds is 7. The van der Waals surface area contributed by atoms with Crippen LogP contribution in [-0.2, 0) is 17.1 Å². The van der Waals surface area contributed by atoms with E-state index in [4.69, 9.17) is 0 Å².